The molecule has 1 saturated carbocycles. The summed E-state index contributed by atoms with van der Waals surface area (Å²) < 4.78 is 6.07. The number of aromatic nitrogens is 1. The quantitative estimate of drug-likeness (QED) is 0.753. The van der Waals surface area contributed by atoms with Gasteiger partial charge >= 0.3 is 0 Å². The van der Waals surface area contributed by atoms with E-state index in [4.69, 9.17) is 9.40 Å². The Kier molecular flexibility index (Phi) is 5.48. The van der Waals surface area contributed by atoms with E-state index in [9.17, 15) is 9.59 Å². The van der Waals surface area contributed by atoms with Crippen molar-refractivity contribution < 1.29 is 14.0 Å². The van der Waals surface area contributed by atoms with Crippen molar-refractivity contribution in [2.75, 3.05) is 26.2 Å². The molecule has 2 aromatic rings. The van der Waals surface area contributed by atoms with Crippen LogP contribution in [0.3, 0.4) is 0 Å². The van der Waals surface area contributed by atoms with Gasteiger partial charge in [0.2, 0.25) is 5.91 Å². The zero-order valence-corrected chi connectivity index (χ0v) is 17.6. The van der Waals surface area contributed by atoms with Gasteiger partial charge in [-0.25, -0.2) is 4.98 Å². The van der Waals surface area contributed by atoms with Gasteiger partial charge in [0.25, 0.3) is 5.91 Å². The minimum absolute atomic E-state index is 0.0724. The number of rotatable bonds is 4. The van der Waals surface area contributed by atoms with E-state index in [2.05, 4.69) is 0 Å². The topological polar surface area (TPSA) is 66.7 Å². The molecule has 1 aromatic carbocycles. The van der Waals surface area contributed by atoms with Crippen LogP contribution in [0.4, 0.5) is 0 Å². The zero-order chi connectivity index (χ0) is 20.5. The summed E-state index contributed by atoms with van der Waals surface area (Å²) >= 11 is 0. The number of nitrogens with zero attached hydrogens (tertiary/aromatic N) is 3. The highest BCUT2D eigenvalue weighted by atomic mass is 16.3. The van der Waals surface area contributed by atoms with Crippen molar-refractivity contribution in [2.45, 2.75) is 63.7 Å². The van der Waals surface area contributed by atoms with Crippen molar-refractivity contribution in [3.8, 4) is 0 Å². The van der Waals surface area contributed by atoms with Crippen molar-refractivity contribution >= 4 is 22.9 Å². The first kappa shape index (κ1) is 19.6. The summed E-state index contributed by atoms with van der Waals surface area (Å²) in [7, 11) is 0. The van der Waals surface area contributed by atoms with Gasteiger partial charge in [-0.05, 0) is 56.2 Å². The van der Waals surface area contributed by atoms with E-state index in [1.54, 1.807) is 0 Å². The lowest BCUT2D eigenvalue weighted by molar-refractivity contribution is -0.128. The first-order chi connectivity index (χ1) is 14.7. The van der Waals surface area contributed by atoms with Gasteiger partial charge in [0.15, 0.2) is 11.5 Å². The van der Waals surface area contributed by atoms with Gasteiger partial charge in [0.1, 0.15) is 5.52 Å². The molecule has 0 atom stereocenters. The van der Waals surface area contributed by atoms with Crippen LogP contribution in [-0.4, -0.2) is 52.8 Å². The molecule has 3 aliphatic rings. The summed E-state index contributed by atoms with van der Waals surface area (Å²) in [5, 5.41) is 0. The van der Waals surface area contributed by atoms with Crippen LogP contribution >= 0.6 is 0 Å². The number of piperidine rings is 1. The summed E-state index contributed by atoms with van der Waals surface area (Å²) in [5.74, 6) is 2.13. The van der Waals surface area contributed by atoms with Crippen LogP contribution in [0.1, 0.15) is 80.0 Å². The molecular formula is C24H31N3O3. The Morgan fingerprint density at radius 3 is 2.57 bits per heavy atom. The molecule has 0 radical (unpaired) electrons. The number of oxazole rings is 1. The van der Waals surface area contributed by atoms with Crippen molar-refractivity contribution in [3.05, 3.63) is 29.7 Å². The second kappa shape index (κ2) is 8.40. The smallest absolute Gasteiger partial charge is 0.253 e. The summed E-state index contributed by atoms with van der Waals surface area (Å²) in [6, 6.07) is 5.67. The monoisotopic (exact) mass is 409 g/mol. The van der Waals surface area contributed by atoms with Crippen LogP contribution in [0.15, 0.2) is 22.6 Å². The average Bonchev–Trinajstić information content (AvgIpc) is 3.40. The lowest BCUT2D eigenvalue weighted by atomic mass is 9.89. The van der Waals surface area contributed by atoms with E-state index in [0.29, 0.717) is 29.7 Å². The summed E-state index contributed by atoms with van der Waals surface area (Å²) in [6.45, 7) is 3.27. The third-order valence-corrected chi connectivity index (χ3v) is 7.16. The Morgan fingerprint density at radius 1 is 1.03 bits per heavy atom. The number of carbonyl (C=O) groups is 2. The molecule has 0 spiro atoms. The van der Waals surface area contributed by atoms with E-state index >= 15 is 0 Å². The molecule has 6 heteroatoms. The molecule has 2 amide bonds. The summed E-state index contributed by atoms with van der Waals surface area (Å²) in [5.41, 5.74) is 2.26. The second-order valence-electron chi connectivity index (χ2n) is 9.25. The first-order valence-corrected chi connectivity index (χ1v) is 11.6. The molecule has 3 heterocycles. The predicted octanol–water partition coefficient (Wildman–Crippen LogP) is 4.35. The standard InChI is InChI=1S/C24H31N3O3/c28-22-7-4-12-27(22)16-17-10-13-26(14-11-17)24(29)19-8-9-20-21(15-19)30-23(25-20)18-5-2-1-3-6-18/h8-9,15,17-18H,1-7,10-14,16H2. The fourth-order valence-corrected chi connectivity index (χ4v) is 5.31. The highest BCUT2D eigenvalue weighted by Gasteiger charge is 2.28. The van der Waals surface area contributed by atoms with Crippen LogP contribution in [0.25, 0.3) is 11.1 Å². The molecular weight excluding hydrogens is 378 g/mol. The van der Waals surface area contributed by atoms with Crippen molar-refractivity contribution in [3.63, 3.8) is 0 Å². The van der Waals surface area contributed by atoms with E-state index in [1.165, 1.54) is 19.3 Å². The summed E-state index contributed by atoms with van der Waals surface area (Å²) in [6.07, 6.45) is 9.71. The zero-order valence-electron chi connectivity index (χ0n) is 17.6. The number of likely N-dealkylation sites (tertiary alicyclic amines) is 2. The molecule has 5 rings (SSSR count). The fourth-order valence-electron chi connectivity index (χ4n) is 5.31. The maximum atomic E-state index is 13.1. The van der Waals surface area contributed by atoms with Crippen LogP contribution in [0.2, 0.25) is 0 Å². The van der Waals surface area contributed by atoms with E-state index < -0.39 is 0 Å². The molecule has 30 heavy (non-hydrogen) atoms. The van der Waals surface area contributed by atoms with Crippen LogP contribution in [0.5, 0.6) is 0 Å². The molecule has 0 unspecified atom stereocenters. The second-order valence-corrected chi connectivity index (χ2v) is 9.25. The Hall–Kier alpha value is -2.37. The van der Waals surface area contributed by atoms with Gasteiger partial charge in [-0.3, -0.25) is 9.59 Å². The van der Waals surface area contributed by atoms with Gasteiger partial charge in [0, 0.05) is 44.1 Å². The van der Waals surface area contributed by atoms with E-state index in [1.807, 2.05) is 28.0 Å². The van der Waals surface area contributed by atoms with Crippen molar-refractivity contribution in [1.82, 2.24) is 14.8 Å². The average molecular weight is 410 g/mol. The van der Waals surface area contributed by atoms with Gasteiger partial charge in [0.05, 0.1) is 0 Å². The Balaban J connectivity index is 1.22. The number of fused-ring (bicyclic) bond motifs is 1. The van der Waals surface area contributed by atoms with Gasteiger partial charge < -0.3 is 14.2 Å². The fraction of sp³-hybridized carbons (Fsp3) is 0.625. The van der Waals surface area contributed by atoms with E-state index in [0.717, 1.165) is 75.3 Å². The minimum Gasteiger partial charge on any atom is -0.440 e. The molecule has 0 N–H and O–H groups in total. The largest absolute Gasteiger partial charge is 0.440 e. The SMILES string of the molecule is O=C1CCCN1CC1CCN(C(=O)c2ccc3nc(C4CCCCC4)oc3c2)CC1. The highest BCUT2D eigenvalue weighted by Crippen LogP contribution is 2.34. The molecule has 2 saturated heterocycles. The predicted molar refractivity (Wildman–Crippen MR) is 114 cm³/mol. The van der Waals surface area contributed by atoms with Crippen LogP contribution < -0.4 is 0 Å². The maximum Gasteiger partial charge on any atom is 0.253 e. The molecule has 6 nitrogen and oxygen atoms in total. The number of hydrogen-bond acceptors (Lipinski definition) is 4. The van der Waals surface area contributed by atoms with Crippen molar-refractivity contribution in [2.24, 2.45) is 5.92 Å². The van der Waals surface area contributed by atoms with Gasteiger partial charge in [-0.1, -0.05) is 19.3 Å². The normalized spacial score (nSPS) is 21.7. The van der Waals surface area contributed by atoms with Crippen LogP contribution in [0, 0.1) is 5.92 Å². The van der Waals surface area contributed by atoms with Gasteiger partial charge in [-0.15, -0.1) is 0 Å². The number of benzene rings is 1. The molecule has 160 valence electrons. The lowest BCUT2D eigenvalue weighted by Crippen LogP contribution is -2.41. The third-order valence-electron chi connectivity index (χ3n) is 7.16. The molecule has 0 bridgehead atoms. The highest BCUT2D eigenvalue weighted by molar-refractivity contribution is 5.97. The lowest BCUT2D eigenvalue weighted by Gasteiger charge is -2.34. The third kappa shape index (κ3) is 3.96. The minimum atomic E-state index is 0.0724. The van der Waals surface area contributed by atoms with E-state index in [-0.39, 0.29) is 5.91 Å². The maximum absolute atomic E-state index is 13.1. The number of hydrogen-bond donors (Lipinski definition) is 0. The number of carbonyl (C=O) groups excluding carboxylic acids is 2. The molecule has 2 aliphatic heterocycles. The Bertz CT molecular complexity index is 923. The Morgan fingerprint density at radius 2 is 1.83 bits per heavy atom. The van der Waals surface area contributed by atoms with Crippen molar-refractivity contribution in [1.29, 1.82) is 0 Å². The Labute approximate surface area is 177 Å². The molecule has 1 aromatic heterocycles. The van der Waals surface area contributed by atoms with Gasteiger partial charge in [-0.2, -0.15) is 0 Å². The number of amides is 2. The van der Waals surface area contributed by atoms with Crippen LogP contribution in [-0.2, 0) is 4.79 Å². The first-order valence-electron chi connectivity index (χ1n) is 11.6. The summed E-state index contributed by atoms with van der Waals surface area (Å²) in [4.78, 5) is 33.6. The molecule has 1 aliphatic carbocycles. The molecule has 3 fully saturated rings.